The molecule has 1 saturated heterocycles. The average Bonchev–Trinajstić information content (AvgIpc) is 2.99. The molecule has 1 heterocycles. The van der Waals surface area contributed by atoms with Crippen LogP contribution in [0.2, 0.25) is 5.02 Å². The number of aryl methyl sites for hydroxylation is 1. The second kappa shape index (κ2) is 7.70. The van der Waals surface area contributed by atoms with E-state index in [1.54, 1.807) is 29.2 Å². The predicted octanol–water partition coefficient (Wildman–Crippen LogP) is 3.36. The largest absolute Gasteiger partial charge is 0.355 e. The number of hydrogen-bond donors (Lipinski definition) is 1. The van der Waals surface area contributed by atoms with Crippen molar-refractivity contribution in [2.24, 2.45) is 5.92 Å². The number of halogens is 1. The summed E-state index contributed by atoms with van der Waals surface area (Å²) in [4.78, 5) is 26.6. The first kappa shape index (κ1) is 17.5. The van der Waals surface area contributed by atoms with Crippen LogP contribution < -0.4 is 10.2 Å². The number of amides is 2. The van der Waals surface area contributed by atoms with Crippen molar-refractivity contribution >= 4 is 29.1 Å². The zero-order valence-electron chi connectivity index (χ0n) is 14.2. The first-order valence-corrected chi connectivity index (χ1v) is 8.83. The highest BCUT2D eigenvalue weighted by atomic mass is 35.5. The number of carbonyl (C=O) groups excluding carboxylic acids is 2. The van der Waals surface area contributed by atoms with Gasteiger partial charge in [0.15, 0.2) is 0 Å². The number of nitrogens with zero attached hydrogens (tertiary/aromatic N) is 1. The van der Waals surface area contributed by atoms with Gasteiger partial charge in [-0.25, -0.2) is 0 Å². The van der Waals surface area contributed by atoms with Crippen molar-refractivity contribution in [2.45, 2.75) is 19.8 Å². The van der Waals surface area contributed by atoms with Crippen molar-refractivity contribution in [3.8, 4) is 0 Å². The molecule has 1 N–H and O–H groups in total. The summed E-state index contributed by atoms with van der Waals surface area (Å²) in [6.07, 6.45) is 1.30. The zero-order valence-corrected chi connectivity index (χ0v) is 14.9. The Balaban J connectivity index is 1.55. The zero-order chi connectivity index (χ0) is 17.8. The van der Waals surface area contributed by atoms with Crippen LogP contribution >= 0.6 is 11.6 Å². The summed E-state index contributed by atoms with van der Waals surface area (Å²) < 4.78 is 0. The van der Waals surface area contributed by atoms with Gasteiger partial charge < -0.3 is 10.2 Å². The van der Waals surface area contributed by atoms with Gasteiger partial charge in [0.1, 0.15) is 5.92 Å². The normalized spacial score (nSPS) is 17.0. The van der Waals surface area contributed by atoms with Crippen LogP contribution in [0, 0.1) is 12.8 Å². The van der Waals surface area contributed by atoms with E-state index in [0.717, 1.165) is 12.1 Å². The van der Waals surface area contributed by atoms with E-state index in [-0.39, 0.29) is 11.8 Å². The van der Waals surface area contributed by atoms with E-state index >= 15 is 0 Å². The third kappa shape index (κ3) is 4.02. The van der Waals surface area contributed by atoms with Crippen molar-refractivity contribution in [1.29, 1.82) is 0 Å². The van der Waals surface area contributed by atoms with E-state index in [4.69, 9.17) is 11.6 Å². The summed E-state index contributed by atoms with van der Waals surface area (Å²) >= 11 is 5.89. The van der Waals surface area contributed by atoms with Gasteiger partial charge in [-0.2, -0.15) is 0 Å². The molecule has 4 nitrogen and oxygen atoms in total. The molecule has 0 spiro atoms. The van der Waals surface area contributed by atoms with E-state index in [1.807, 2.05) is 12.1 Å². The van der Waals surface area contributed by atoms with Crippen LogP contribution in [0.4, 0.5) is 5.69 Å². The van der Waals surface area contributed by atoms with Crippen LogP contribution in [0.1, 0.15) is 17.5 Å². The molecule has 5 heteroatoms. The molecule has 0 unspecified atom stereocenters. The number of nitrogens with one attached hydrogen (secondary N) is 1. The number of carbonyl (C=O) groups is 2. The first-order chi connectivity index (χ1) is 12.1. The van der Waals surface area contributed by atoms with Crippen molar-refractivity contribution in [3.05, 3.63) is 64.7 Å². The molecular formula is C20H21ClN2O2. The summed E-state index contributed by atoms with van der Waals surface area (Å²) in [5.41, 5.74) is 3.20. The molecule has 3 rings (SSSR count). The lowest BCUT2D eigenvalue weighted by Gasteiger charge is -2.17. The van der Waals surface area contributed by atoms with Gasteiger partial charge in [-0.05, 0) is 55.2 Å². The maximum Gasteiger partial charge on any atom is 0.239 e. The summed E-state index contributed by atoms with van der Waals surface area (Å²) in [5, 5.41) is 3.53. The second-order valence-electron chi connectivity index (χ2n) is 6.28. The standard InChI is InChI=1S/C20H21ClN2O2/c1-14-4-2-3-5-15(14)10-12-22-19(24)18-11-13-23(20(18)25)17-8-6-16(21)7-9-17/h2-9,18H,10-13H2,1H3,(H,22,24)/t18-/m1/s1. The SMILES string of the molecule is Cc1ccccc1CCNC(=O)[C@H]1CCN(c2ccc(Cl)cc2)C1=O. The molecule has 1 aliphatic heterocycles. The van der Waals surface area contributed by atoms with Gasteiger partial charge in [0.05, 0.1) is 0 Å². The molecule has 0 bridgehead atoms. The Morgan fingerprint density at radius 2 is 1.92 bits per heavy atom. The fourth-order valence-corrected chi connectivity index (χ4v) is 3.26. The van der Waals surface area contributed by atoms with Gasteiger partial charge >= 0.3 is 0 Å². The highest BCUT2D eigenvalue weighted by Gasteiger charge is 2.37. The fourth-order valence-electron chi connectivity index (χ4n) is 3.13. The quantitative estimate of drug-likeness (QED) is 0.835. The van der Waals surface area contributed by atoms with Gasteiger partial charge in [-0.3, -0.25) is 9.59 Å². The predicted molar refractivity (Wildman–Crippen MR) is 99.8 cm³/mol. The highest BCUT2D eigenvalue weighted by Crippen LogP contribution is 2.26. The van der Waals surface area contributed by atoms with E-state index in [9.17, 15) is 9.59 Å². The number of benzene rings is 2. The fraction of sp³-hybridized carbons (Fsp3) is 0.300. The van der Waals surface area contributed by atoms with Gasteiger partial charge in [-0.15, -0.1) is 0 Å². The third-order valence-electron chi connectivity index (χ3n) is 4.62. The molecular weight excluding hydrogens is 336 g/mol. The minimum absolute atomic E-state index is 0.143. The molecule has 2 aromatic carbocycles. The van der Waals surface area contributed by atoms with Gasteiger partial charge in [0, 0.05) is 23.8 Å². The van der Waals surface area contributed by atoms with Crippen LogP contribution in [0.15, 0.2) is 48.5 Å². The Morgan fingerprint density at radius 3 is 2.64 bits per heavy atom. The molecule has 0 radical (unpaired) electrons. The van der Waals surface area contributed by atoms with Crippen molar-refractivity contribution in [2.75, 3.05) is 18.0 Å². The molecule has 25 heavy (non-hydrogen) atoms. The summed E-state index contributed by atoms with van der Waals surface area (Å²) in [5.74, 6) is -0.932. The lowest BCUT2D eigenvalue weighted by molar-refractivity contribution is -0.132. The molecule has 1 atom stereocenters. The van der Waals surface area contributed by atoms with Crippen molar-refractivity contribution in [1.82, 2.24) is 5.32 Å². The van der Waals surface area contributed by atoms with E-state index in [0.29, 0.717) is 24.5 Å². The Morgan fingerprint density at radius 1 is 1.20 bits per heavy atom. The molecule has 0 aliphatic carbocycles. The minimum Gasteiger partial charge on any atom is -0.355 e. The molecule has 2 aromatic rings. The topological polar surface area (TPSA) is 49.4 Å². The van der Waals surface area contributed by atoms with Crippen molar-refractivity contribution < 1.29 is 9.59 Å². The van der Waals surface area contributed by atoms with Gasteiger partial charge in [0.25, 0.3) is 0 Å². The summed E-state index contributed by atoms with van der Waals surface area (Å²) in [6, 6.07) is 15.2. The van der Waals surface area contributed by atoms with Crippen LogP contribution in [0.25, 0.3) is 0 Å². The lowest BCUT2D eigenvalue weighted by atomic mass is 10.1. The van der Waals surface area contributed by atoms with Crippen LogP contribution in [-0.4, -0.2) is 24.9 Å². The maximum atomic E-state index is 12.6. The molecule has 130 valence electrons. The Hall–Kier alpha value is -2.33. The minimum atomic E-state index is -0.604. The number of rotatable bonds is 5. The monoisotopic (exact) mass is 356 g/mol. The highest BCUT2D eigenvalue weighted by molar-refractivity contribution is 6.30. The Bertz CT molecular complexity index is 774. The summed E-state index contributed by atoms with van der Waals surface area (Å²) in [7, 11) is 0. The van der Waals surface area contributed by atoms with Crippen LogP contribution in [-0.2, 0) is 16.0 Å². The second-order valence-corrected chi connectivity index (χ2v) is 6.71. The molecule has 0 aromatic heterocycles. The summed E-state index contributed by atoms with van der Waals surface area (Å²) in [6.45, 7) is 3.15. The van der Waals surface area contributed by atoms with E-state index in [1.165, 1.54) is 11.1 Å². The van der Waals surface area contributed by atoms with Gasteiger partial charge in [0.2, 0.25) is 11.8 Å². The van der Waals surface area contributed by atoms with Crippen LogP contribution in [0.5, 0.6) is 0 Å². The third-order valence-corrected chi connectivity index (χ3v) is 4.87. The molecule has 1 aliphatic rings. The smallest absolute Gasteiger partial charge is 0.239 e. The number of anilines is 1. The Labute approximate surface area is 152 Å². The Kier molecular flexibility index (Phi) is 5.39. The van der Waals surface area contributed by atoms with Crippen LogP contribution in [0.3, 0.4) is 0 Å². The van der Waals surface area contributed by atoms with E-state index < -0.39 is 5.92 Å². The van der Waals surface area contributed by atoms with Gasteiger partial charge in [-0.1, -0.05) is 35.9 Å². The van der Waals surface area contributed by atoms with E-state index in [2.05, 4.69) is 24.4 Å². The molecule has 0 saturated carbocycles. The molecule has 1 fully saturated rings. The lowest BCUT2D eigenvalue weighted by Crippen LogP contribution is -2.37. The van der Waals surface area contributed by atoms with Crippen molar-refractivity contribution in [3.63, 3.8) is 0 Å². The molecule has 2 amide bonds. The maximum absolute atomic E-state index is 12.6. The number of hydrogen-bond acceptors (Lipinski definition) is 2. The average molecular weight is 357 g/mol. The first-order valence-electron chi connectivity index (χ1n) is 8.45.